The van der Waals surface area contributed by atoms with Gasteiger partial charge in [0.25, 0.3) is 5.69 Å². The second-order valence-electron chi connectivity index (χ2n) is 8.70. The maximum absolute atomic E-state index is 12.5. The van der Waals surface area contributed by atoms with E-state index in [1.807, 2.05) is 0 Å². The highest BCUT2D eigenvalue weighted by Gasteiger charge is 2.43. The highest BCUT2D eigenvalue weighted by atomic mass is 28.4. The summed E-state index contributed by atoms with van der Waals surface area (Å²) in [6.45, 7) is 11.1. The number of nitro groups is 1. The van der Waals surface area contributed by atoms with Crippen molar-refractivity contribution >= 4 is 20.1 Å². The Balaban J connectivity index is 1.95. The first-order valence-electron chi connectivity index (χ1n) is 9.40. The zero-order valence-electron chi connectivity index (χ0n) is 17.2. The molecule has 0 bridgehead atoms. The third kappa shape index (κ3) is 5.30. The van der Waals surface area contributed by atoms with Crippen LogP contribution in [0.1, 0.15) is 32.8 Å². The molecule has 1 aromatic rings. The van der Waals surface area contributed by atoms with Crippen LogP contribution in [0.25, 0.3) is 0 Å². The molecule has 0 aliphatic carbocycles. The van der Waals surface area contributed by atoms with Gasteiger partial charge in [-0.3, -0.25) is 10.1 Å². The van der Waals surface area contributed by atoms with E-state index in [0.29, 0.717) is 18.5 Å². The normalized spacial score (nSPS) is 20.3. The standard InChI is InChI=1S/C19H30N2O6Si/c1-19(2,3)28(4,5)27-17-10-16(12-22)20(11-17)18(23)26-13-14-6-8-15(9-7-14)21(24)25/h6-9,16-17,22H,10-13H2,1-5H3/t16-,17+/m0/s1. The molecule has 0 unspecified atom stereocenters. The zero-order chi connectivity index (χ0) is 21.1. The Morgan fingerprint density at radius 1 is 1.32 bits per heavy atom. The Bertz CT molecular complexity index is 701. The highest BCUT2D eigenvalue weighted by molar-refractivity contribution is 6.74. The van der Waals surface area contributed by atoms with E-state index in [1.165, 1.54) is 17.0 Å². The summed E-state index contributed by atoms with van der Waals surface area (Å²) >= 11 is 0. The Kier molecular flexibility index (Phi) is 6.84. The van der Waals surface area contributed by atoms with Gasteiger partial charge in [-0.1, -0.05) is 20.8 Å². The van der Waals surface area contributed by atoms with Crippen LogP contribution in [0.15, 0.2) is 24.3 Å². The number of carbonyl (C=O) groups excluding carboxylic acids is 1. The summed E-state index contributed by atoms with van der Waals surface area (Å²) < 4.78 is 11.7. The number of aliphatic hydroxyl groups is 1. The van der Waals surface area contributed by atoms with Gasteiger partial charge in [0.15, 0.2) is 8.32 Å². The molecule has 1 aliphatic rings. The van der Waals surface area contributed by atoms with E-state index in [-0.39, 0.29) is 36.1 Å². The fourth-order valence-corrected chi connectivity index (χ4v) is 4.25. The number of nitro benzene ring substituents is 1. The SMILES string of the molecule is CC(C)(C)[Si](C)(C)O[C@@H]1C[C@@H](CO)N(C(=O)OCc2ccc([N+](=O)[O-])cc2)C1. The van der Waals surface area contributed by atoms with Gasteiger partial charge in [-0.15, -0.1) is 0 Å². The lowest BCUT2D eigenvalue weighted by molar-refractivity contribution is -0.384. The van der Waals surface area contributed by atoms with Crippen molar-refractivity contribution in [1.29, 1.82) is 0 Å². The minimum atomic E-state index is -1.98. The van der Waals surface area contributed by atoms with Crippen molar-refractivity contribution in [2.45, 2.75) is 64.1 Å². The highest BCUT2D eigenvalue weighted by Crippen LogP contribution is 2.39. The zero-order valence-corrected chi connectivity index (χ0v) is 18.2. The van der Waals surface area contributed by atoms with Crippen molar-refractivity contribution in [3.63, 3.8) is 0 Å². The van der Waals surface area contributed by atoms with Crippen molar-refractivity contribution in [2.75, 3.05) is 13.2 Å². The van der Waals surface area contributed by atoms with Gasteiger partial charge in [-0.05, 0) is 42.2 Å². The predicted molar refractivity (Wildman–Crippen MR) is 108 cm³/mol. The monoisotopic (exact) mass is 410 g/mol. The first kappa shape index (κ1) is 22.3. The molecule has 2 atom stereocenters. The van der Waals surface area contributed by atoms with E-state index in [4.69, 9.17) is 9.16 Å². The molecule has 0 spiro atoms. The molecule has 9 heteroatoms. The fourth-order valence-electron chi connectivity index (χ4n) is 2.89. The van der Waals surface area contributed by atoms with Gasteiger partial charge in [-0.2, -0.15) is 0 Å². The Morgan fingerprint density at radius 2 is 1.93 bits per heavy atom. The van der Waals surface area contributed by atoms with Crippen molar-refractivity contribution in [1.82, 2.24) is 4.90 Å². The number of likely N-dealkylation sites (tertiary alicyclic amines) is 1. The number of ether oxygens (including phenoxy) is 1. The molecule has 2 rings (SSSR count). The number of rotatable bonds is 6. The molecule has 8 nitrogen and oxygen atoms in total. The van der Waals surface area contributed by atoms with Crippen LogP contribution in [0, 0.1) is 10.1 Å². The number of hydrogen-bond donors (Lipinski definition) is 1. The summed E-state index contributed by atoms with van der Waals surface area (Å²) in [6.07, 6.45) is -0.0565. The van der Waals surface area contributed by atoms with Crippen LogP contribution in [-0.2, 0) is 15.8 Å². The first-order valence-corrected chi connectivity index (χ1v) is 12.3. The van der Waals surface area contributed by atoms with E-state index in [0.717, 1.165) is 0 Å². The lowest BCUT2D eigenvalue weighted by atomic mass is 10.2. The number of nitrogens with zero attached hydrogens (tertiary/aromatic N) is 2. The van der Waals surface area contributed by atoms with Gasteiger partial charge in [0.05, 0.1) is 23.7 Å². The molecule has 1 saturated heterocycles. The minimum Gasteiger partial charge on any atom is -0.445 e. The first-order chi connectivity index (χ1) is 12.9. The van der Waals surface area contributed by atoms with Crippen LogP contribution >= 0.6 is 0 Å². The topological polar surface area (TPSA) is 102 Å². The van der Waals surface area contributed by atoms with Crippen LogP contribution in [0.3, 0.4) is 0 Å². The molecule has 156 valence electrons. The summed E-state index contributed by atoms with van der Waals surface area (Å²) in [7, 11) is -1.98. The van der Waals surface area contributed by atoms with E-state index < -0.39 is 19.3 Å². The fraction of sp³-hybridized carbons (Fsp3) is 0.632. The summed E-state index contributed by atoms with van der Waals surface area (Å²) in [5, 5.41) is 20.4. The van der Waals surface area contributed by atoms with E-state index in [2.05, 4.69) is 33.9 Å². The third-order valence-corrected chi connectivity index (χ3v) is 10.1. The number of benzene rings is 1. The van der Waals surface area contributed by atoms with Crippen LogP contribution in [-0.4, -0.2) is 54.6 Å². The molecule has 1 aromatic carbocycles. The molecular weight excluding hydrogens is 380 g/mol. The largest absolute Gasteiger partial charge is 0.445 e. The van der Waals surface area contributed by atoms with Gasteiger partial charge in [0, 0.05) is 18.7 Å². The van der Waals surface area contributed by atoms with Crippen LogP contribution in [0.5, 0.6) is 0 Å². The van der Waals surface area contributed by atoms with Gasteiger partial charge in [0.1, 0.15) is 6.61 Å². The molecular formula is C19H30N2O6Si. The smallest absolute Gasteiger partial charge is 0.410 e. The number of non-ortho nitro benzene ring substituents is 1. The summed E-state index contributed by atoms with van der Waals surface area (Å²) in [5.74, 6) is 0. The van der Waals surface area contributed by atoms with Crippen molar-refractivity contribution in [3.8, 4) is 0 Å². The van der Waals surface area contributed by atoms with E-state index in [1.54, 1.807) is 12.1 Å². The summed E-state index contributed by atoms with van der Waals surface area (Å²) in [6, 6.07) is 5.53. The second kappa shape index (κ2) is 8.58. The molecule has 1 amide bonds. The quantitative estimate of drug-likeness (QED) is 0.436. The van der Waals surface area contributed by atoms with Crippen LogP contribution in [0.4, 0.5) is 10.5 Å². The Morgan fingerprint density at radius 3 is 2.43 bits per heavy atom. The Hall–Kier alpha value is -1.97. The number of aliphatic hydroxyl groups excluding tert-OH is 1. The summed E-state index contributed by atoms with van der Waals surface area (Å²) in [4.78, 5) is 24.2. The number of carbonyl (C=O) groups is 1. The van der Waals surface area contributed by atoms with E-state index in [9.17, 15) is 20.0 Å². The van der Waals surface area contributed by atoms with Crippen molar-refractivity contribution in [3.05, 3.63) is 39.9 Å². The van der Waals surface area contributed by atoms with Crippen LogP contribution < -0.4 is 0 Å². The van der Waals surface area contributed by atoms with Gasteiger partial charge in [-0.25, -0.2) is 4.79 Å². The average molecular weight is 411 g/mol. The maximum atomic E-state index is 12.5. The summed E-state index contributed by atoms with van der Waals surface area (Å²) in [5.41, 5.74) is 0.647. The Labute approximate surface area is 166 Å². The molecule has 1 N–H and O–H groups in total. The van der Waals surface area contributed by atoms with Gasteiger partial charge < -0.3 is 19.2 Å². The predicted octanol–water partition coefficient (Wildman–Crippen LogP) is 3.69. The van der Waals surface area contributed by atoms with Gasteiger partial charge >= 0.3 is 6.09 Å². The maximum Gasteiger partial charge on any atom is 0.410 e. The molecule has 0 radical (unpaired) electrons. The molecule has 0 aromatic heterocycles. The van der Waals surface area contributed by atoms with E-state index >= 15 is 0 Å². The number of hydrogen-bond acceptors (Lipinski definition) is 6. The van der Waals surface area contributed by atoms with Crippen molar-refractivity contribution in [2.24, 2.45) is 0 Å². The molecule has 1 fully saturated rings. The second-order valence-corrected chi connectivity index (χ2v) is 13.5. The lowest BCUT2D eigenvalue weighted by Gasteiger charge is -2.38. The third-order valence-electron chi connectivity index (χ3n) is 5.60. The van der Waals surface area contributed by atoms with Crippen molar-refractivity contribution < 1.29 is 24.0 Å². The lowest BCUT2D eigenvalue weighted by Crippen LogP contribution is -2.44. The molecule has 28 heavy (non-hydrogen) atoms. The van der Waals surface area contributed by atoms with Gasteiger partial charge in [0.2, 0.25) is 0 Å². The molecule has 1 heterocycles. The molecule has 0 saturated carbocycles. The minimum absolute atomic E-state index is 0.0131. The number of amides is 1. The average Bonchev–Trinajstić information content (AvgIpc) is 3.01. The van der Waals surface area contributed by atoms with Crippen LogP contribution in [0.2, 0.25) is 18.1 Å². The molecule has 1 aliphatic heterocycles.